The highest BCUT2D eigenvalue weighted by Gasteiger charge is 2.35. The van der Waals surface area contributed by atoms with E-state index in [0.29, 0.717) is 27.7 Å². The van der Waals surface area contributed by atoms with Gasteiger partial charge in [0, 0.05) is 29.1 Å². The number of nitrogens with zero attached hydrogens (tertiary/aromatic N) is 2. The fourth-order valence-corrected chi connectivity index (χ4v) is 6.58. The summed E-state index contributed by atoms with van der Waals surface area (Å²) >= 11 is 12.6. The van der Waals surface area contributed by atoms with Gasteiger partial charge in [0.05, 0.1) is 10.6 Å². The summed E-state index contributed by atoms with van der Waals surface area (Å²) in [6.45, 7) is 5.14. The fourth-order valence-electron chi connectivity index (χ4n) is 4.85. The molecule has 0 aromatic heterocycles. The number of halogens is 2. The molecule has 0 saturated heterocycles. The van der Waals surface area contributed by atoms with E-state index in [0.717, 1.165) is 15.4 Å². The number of anilines is 1. The lowest BCUT2D eigenvalue weighted by Crippen LogP contribution is -2.54. The third-order valence-electron chi connectivity index (χ3n) is 7.54. The maximum atomic E-state index is 14.5. The lowest BCUT2D eigenvalue weighted by molar-refractivity contribution is -0.140. The van der Waals surface area contributed by atoms with Gasteiger partial charge in [0.1, 0.15) is 12.6 Å². The Morgan fingerprint density at radius 2 is 1.53 bits per heavy atom. The van der Waals surface area contributed by atoms with Crippen LogP contribution in [-0.2, 0) is 32.6 Å². The molecule has 0 spiro atoms. The number of amides is 2. The molecule has 0 bridgehead atoms. The molecule has 0 aliphatic rings. The van der Waals surface area contributed by atoms with E-state index >= 15 is 0 Å². The lowest BCUT2D eigenvalue weighted by Gasteiger charge is -2.34. The molecule has 0 aliphatic carbocycles. The number of carbonyl (C=O) groups excluding carboxylic acids is 2. The molecule has 0 aliphatic heterocycles. The van der Waals surface area contributed by atoms with Crippen molar-refractivity contribution < 1.29 is 18.0 Å². The van der Waals surface area contributed by atoms with Crippen molar-refractivity contribution in [2.24, 2.45) is 0 Å². The Labute approximate surface area is 275 Å². The second-order valence-electron chi connectivity index (χ2n) is 10.9. The van der Waals surface area contributed by atoms with Crippen molar-refractivity contribution in [2.45, 2.75) is 57.1 Å². The van der Waals surface area contributed by atoms with Crippen LogP contribution in [0.4, 0.5) is 5.69 Å². The number of benzene rings is 4. The van der Waals surface area contributed by atoms with Crippen molar-refractivity contribution in [3.63, 3.8) is 0 Å². The maximum absolute atomic E-state index is 14.5. The van der Waals surface area contributed by atoms with Gasteiger partial charge in [0.15, 0.2) is 0 Å². The predicted octanol–water partition coefficient (Wildman–Crippen LogP) is 7.05. The van der Waals surface area contributed by atoms with Crippen LogP contribution in [0.15, 0.2) is 108 Å². The monoisotopic (exact) mass is 665 g/mol. The SMILES string of the molecule is CC[C@H](C)NC(=O)[C@@H](Cc1ccccc1)N(Cc1ccccc1Cl)C(=O)CN(c1cccc(C)c1)S(=O)(=O)c1ccc(Cl)cc1. The molecule has 4 aromatic carbocycles. The molecule has 0 fully saturated rings. The Kier molecular flexibility index (Phi) is 11.7. The van der Waals surface area contributed by atoms with Crippen molar-refractivity contribution in [1.29, 1.82) is 0 Å². The zero-order valence-electron chi connectivity index (χ0n) is 25.5. The summed E-state index contributed by atoms with van der Waals surface area (Å²) in [7, 11) is -4.22. The number of sulfonamides is 1. The third-order valence-corrected chi connectivity index (χ3v) is 9.95. The van der Waals surface area contributed by atoms with Crippen molar-refractivity contribution >= 4 is 50.7 Å². The lowest BCUT2D eigenvalue weighted by atomic mass is 10.0. The number of nitrogens with one attached hydrogen (secondary N) is 1. The van der Waals surface area contributed by atoms with E-state index in [-0.39, 0.29) is 29.8 Å². The van der Waals surface area contributed by atoms with E-state index in [4.69, 9.17) is 23.2 Å². The number of carbonyl (C=O) groups is 2. The summed E-state index contributed by atoms with van der Waals surface area (Å²) in [5, 5.41) is 3.84. The molecule has 2 amide bonds. The summed E-state index contributed by atoms with van der Waals surface area (Å²) in [4.78, 5) is 29.9. The van der Waals surface area contributed by atoms with Crippen LogP contribution in [0.2, 0.25) is 10.0 Å². The number of rotatable bonds is 13. The summed E-state index contributed by atoms with van der Waals surface area (Å²) in [6, 6.07) is 28.1. The molecule has 2 atom stereocenters. The van der Waals surface area contributed by atoms with E-state index in [9.17, 15) is 18.0 Å². The molecule has 7 nitrogen and oxygen atoms in total. The molecule has 45 heavy (non-hydrogen) atoms. The van der Waals surface area contributed by atoms with Crippen LogP contribution < -0.4 is 9.62 Å². The van der Waals surface area contributed by atoms with Crippen LogP contribution in [-0.4, -0.2) is 43.8 Å². The second-order valence-corrected chi connectivity index (χ2v) is 13.6. The van der Waals surface area contributed by atoms with Gasteiger partial charge in [-0.3, -0.25) is 13.9 Å². The summed E-state index contributed by atoms with van der Waals surface area (Å²) < 4.78 is 29.3. The smallest absolute Gasteiger partial charge is 0.264 e. The molecule has 0 unspecified atom stereocenters. The molecule has 0 heterocycles. The first-order valence-electron chi connectivity index (χ1n) is 14.7. The molecule has 0 radical (unpaired) electrons. The third kappa shape index (κ3) is 8.87. The molecule has 0 saturated carbocycles. The quantitative estimate of drug-likeness (QED) is 0.166. The van der Waals surface area contributed by atoms with Gasteiger partial charge < -0.3 is 10.2 Å². The van der Waals surface area contributed by atoms with E-state index in [1.165, 1.54) is 29.2 Å². The highest BCUT2D eigenvalue weighted by molar-refractivity contribution is 7.92. The maximum Gasteiger partial charge on any atom is 0.264 e. The van der Waals surface area contributed by atoms with Crippen LogP contribution in [0.5, 0.6) is 0 Å². The Morgan fingerprint density at radius 1 is 0.867 bits per heavy atom. The van der Waals surface area contributed by atoms with E-state index < -0.39 is 28.5 Å². The van der Waals surface area contributed by atoms with Crippen molar-refractivity contribution in [2.75, 3.05) is 10.8 Å². The minimum atomic E-state index is -4.22. The first-order valence-corrected chi connectivity index (χ1v) is 16.9. The highest BCUT2D eigenvalue weighted by atomic mass is 35.5. The highest BCUT2D eigenvalue weighted by Crippen LogP contribution is 2.27. The average molecular weight is 667 g/mol. The van der Waals surface area contributed by atoms with Crippen molar-refractivity contribution in [3.05, 3.63) is 130 Å². The molecule has 236 valence electrons. The summed E-state index contributed by atoms with van der Waals surface area (Å²) in [5.74, 6) is -0.898. The van der Waals surface area contributed by atoms with Gasteiger partial charge in [-0.05, 0) is 79.4 Å². The molecular weight excluding hydrogens is 629 g/mol. The summed E-state index contributed by atoms with van der Waals surface area (Å²) in [5.41, 5.74) is 2.62. The Hall–Kier alpha value is -3.85. The van der Waals surface area contributed by atoms with Crippen LogP contribution in [0, 0.1) is 6.92 Å². The van der Waals surface area contributed by atoms with E-state index in [1.54, 1.807) is 42.5 Å². The Morgan fingerprint density at radius 3 is 2.18 bits per heavy atom. The van der Waals surface area contributed by atoms with Crippen LogP contribution in [0.1, 0.15) is 37.0 Å². The molecule has 4 rings (SSSR count). The minimum Gasteiger partial charge on any atom is -0.352 e. The van der Waals surface area contributed by atoms with Gasteiger partial charge in [-0.2, -0.15) is 0 Å². The van der Waals surface area contributed by atoms with Gasteiger partial charge in [0.2, 0.25) is 11.8 Å². The molecule has 10 heteroatoms. The largest absolute Gasteiger partial charge is 0.352 e. The number of hydrogen-bond acceptors (Lipinski definition) is 4. The number of hydrogen-bond donors (Lipinski definition) is 1. The minimum absolute atomic E-state index is 0.00736. The Balaban J connectivity index is 1.82. The van der Waals surface area contributed by atoms with Gasteiger partial charge in [-0.25, -0.2) is 8.42 Å². The molecule has 1 N–H and O–H groups in total. The van der Waals surface area contributed by atoms with Crippen LogP contribution in [0.25, 0.3) is 0 Å². The van der Waals surface area contributed by atoms with Gasteiger partial charge >= 0.3 is 0 Å². The fraction of sp³-hybridized carbons (Fsp3) is 0.257. The standard InChI is InChI=1S/C35H37Cl2N3O4S/c1-4-26(3)38-35(42)33(22-27-12-6-5-7-13-27)39(23-28-14-8-9-16-32(28)37)34(41)24-40(30-15-10-11-25(2)21-30)45(43,44)31-19-17-29(36)18-20-31/h5-21,26,33H,4,22-24H2,1-3H3,(H,38,42)/t26-,33+/m0/s1. The molecule has 4 aromatic rings. The number of aryl methyl sites for hydroxylation is 1. The first-order chi connectivity index (χ1) is 21.5. The van der Waals surface area contributed by atoms with Gasteiger partial charge in [-0.1, -0.05) is 90.8 Å². The Bertz CT molecular complexity index is 1720. The van der Waals surface area contributed by atoms with Crippen LogP contribution in [0.3, 0.4) is 0 Å². The zero-order valence-corrected chi connectivity index (χ0v) is 27.8. The topological polar surface area (TPSA) is 86.8 Å². The van der Waals surface area contributed by atoms with E-state index in [2.05, 4.69) is 5.32 Å². The van der Waals surface area contributed by atoms with Gasteiger partial charge in [-0.15, -0.1) is 0 Å². The normalized spacial score (nSPS) is 12.6. The van der Waals surface area contributed by atoms with E-state index in [1.807, 2.05) is 57.2 Å². The second kappa shape index (κ2) is 15.4. The van der Waals surface area contributed by atoms with Crippen molar-refractivity contribution in [1.82, 2.24) is 10.2 Å². The van der Waals surface area contributed by atoms with Crippen LogP contribution >= 0.6 is 23.2 Å². The van der Waals surface area contributed by atoms with Crippen molar-refractivity contribution in [3.8, 4) is 0 Å². The predicted molar refractivity (Wildman–Crippen MR) is 181 cm³/mol. The van der Waals surface area contributed by atoms with Gasteiger partial charge in [0.25, 0.3) is 10.0 Å². The molecular formula is C35H37Cl2N3O4S. The first kappa shape index (κ1) is 34.0. The zero-order chi connectivity index (χ0) is 32.6. The summed E-state index contributed by atoms with van der Waals surface area (Å²) in [6.07, 6.45) is 0.913. The average Bonchev–Trinajstić information content (AvgIpc) is 3.02.